The number of aryl methyl sites for hydroxylation is 1. The molecule has 0 saturated heterocycles. The molecule has 5 nitrogen and oxygen atoms in total. The number of rotatable bonds is 3. The molecule has 0 amide bonds. The zero-order valence-corrected chi connectivity index (χ0v) is 12.8. The van der Waals surface area contributed by atoms with E-state index in [1.165, 1.54) is 10.9 Å². The molecular weight excluding hydrogens is 348 g/mol. The second kappa shape index (κ2) is 5.76. The van der Waals surface area contributed by atoms with Crippen LogP contribution in [0.1, 0.15) is 23.0 Å². The Morgan fingerprint density at radius 3 is 2.80 bits per heavy atom. The molecule has 104 valence electrons. The maximum absolute atomic E-state index is 11.9. The van der Waals surface area contributed by atoms with Gasteiger partial charge in [-0.1, -0.05) is 34.5 Å². The first-order chi connectivity index (χ1) is 9.43. The van der Waals surface area contributed by atoms with Crippen molar-refractivity contribution in [3.63, 3.8) is 0 Å². The summed E-state index contributed by atoms with van der Waals surface area (Å²) in [5.74, 6) is -1.36. The Labute approximate surface area is 127 Å². The molecular formula is C13H10BrClN2O3. The van der Waals surface area contributed by atoms with Gasteiger partial charge in [0.25, 0.3) is 0 Å². The Balaban J connectivity index is 2.75. The van der Waals surface area contributed by atoms with Crippen LogP contribution in [0.15, 0.2) is 33.7 Å². The number of carboxylic acids is 1. The Bertz CT molecular complexity index is 743. The summed E-state index contributed by atoms with van der Waals surface area (Å²) < 4.78 is 2.09. The van der Waals surface area contributed by atoms with Gasteiger partial charge >= 0.3 is 5.97 Å². The molecule has 0 radical (unpaired) electrons. The minimum Gasteiger partial charge on any atom is -0.476 e. The third-order valence-corrected chi connectivity index (χ3v) is 3.54. The van der Waals surface area contributed by atoms with E-state index < -0.39 is 17.1 Å². The smallest absolute Gasteiger partial charge is 0.360 e. The van der Waals surface area contributed by atoms with E-state index in [4.69, 9.17) is 16.7 Å². The van der Waals surface area contributed by atoms with E-state index in [1.54, 1.807) is 25.1 Å². The van der Waals surface area contributed by atoms with Crippen molar-refractivity contribution in [2.24, 2.45) is 0 Å². The second-order valence-corrected chi connectivity index (χ2v) is 5.35. The van der Waals surface area contributed by atoms with Crippen molar-refractivity contribution in [3.05, 3.63) is 55.4 Å². The number of hydrogen-bond acceptors (Lipinski definition) is 3. The first kappa shape index (κ1) is 14.7. The molecule has 1 N–H and O–H groups in total. The van der Waals surface area contributed by atoms with Gasteiger partial charge in [-0.25, -0.2) is 9.48 Å². The van der Waals surface area contributed by atoms with Gasteiger partial charge in [-0.2, -0.15) is 5.10 Å². The highest BCUT2D eigenvalue weighted by Crippen LogP contribution is 2.24. The minimum atomic E-state index is -1.36. The van der Waals surface area contributed by atoms with Gasteiger partial charge in [-0.05, 0) is 24.6 Å². The fourth-order valence-corrected chi connectivity index (χ4v) is 2.27. The van der Waals surface area contributed by atoms with Crippen molar-refractivity contribution < 1.29 is 9.90 Å². The predicted molar refractivity (Wildman–Crippen MR) is 78.9 cm³/mol. The average molecular weight is 358 g/mol. The molecule has 0 aliphatic carbocycles. The summed E-state index contributed by atoms with van der Waals surface area (Å²) in [6, 6.07) is 5.12. The lowest BCUT2D eigenvalue weighted by Crippen LogP contribution is -2.24. The van der Waals surface area contributed by atoms with Crippen LogP contribution in [0.25, 0.3) is 5.69 Å². The Kier molecular flexibility index (Phi) is 4.25. The molecule has 2 rings (SSSR count). The number of aromatic carboxylic acids is 1. The molecule has 0 unspecified atom stereocenters. The van der Waals surface area contributed by atoms with Crippen molar-refractivity contribution in [1.82, 2.24) is 9.78 Å². The van der Waals surface area contributed by atoms with Crippen LogP contribution >= 0.6 is 27.5 Å². The van der Waals surface area contributed by atoms with Gasteiger partial charge in [-0.15, -0.1) is 0 Å². The van der Waals surface area contributed by atoms with Gasteiger partial charge in [0, 0.05) is 16.2 Å². The third-order valence-electron chi connectivity index (χ3n) is 2.73. The topological polar surface area (TPSA) is 72.2 Å². The number of halogens is 2. The summed E-state index contributed by atoms with van der Waals surface area (Å²) in [5, 5.41) is 13.3. The minimum absolute atomic E-state index is 0.369. The van der Waals surface area contributed by atoms with Crippen molar-refractivity contribution >= 4 is 33.5 Å². The zero-order valence-electron chi connectivity index (χ0n) is 10.4. The first-order valence-corrected chi connectivity index (χ1v) is 6.92. The number of carbonyl (C=O) groups is 1. The third kappa shape index (κ3) is 2.76. The molecule has 0 bridgehead atoms. The highest BCUT2D eigenvalue weighted by atomic mass is 79.9. The SMILES string of the molecule is CCc1cn(-c2cc(Br)ccc2Cl)nc(C(=O)O)c1=O. The monoisotopic (exact) mass is 356 g/mol. The predicted octanol–water partition coefficient (Wildman–Crippen LogP) is 2.91. The van der Waals surface area contributed by atoms with E-state index in [0.29, 0.717) is 22.7 Å². The number of benzene rings is 1. The molecule has 1 heterocycles. The lowest BCUT2D eigenvalue weighted by atomic mass is 10.2. The van der Waals surface area contributed by atoms with Gasteiger partial charge in [0.05, 0.1) is 10.7 Å². The van der Waals surface area contributed by atoms with E-state index in [1.807, 2.05) is 0 Å². The summed E-state index contributed by atoms with van der Waals surface area (Å²) in [6.07, 6.45) is 1.91. The van der Waals surface area contributed by atoms with Crippen LogP contribution < -0.4 is 5.43 Å². The standard InChI is InChI=1S/C13H10BrClN2O3/c1-2-7-6-17(16-11(12(7)18)13(19)20)10-5-8(14)3-4-9(10)15/h3-6H,2H2,1H3,(H,19,20). The molecule has 20 heavy (non-hydrogen) atoms. The van der Waals surface area contributed by atoms with Crippen molar-refractivity contribution in [1.29, 1.82) is 0 Å². The van der Waals surface area contributed by atoms with Crippen LogP contribution in [-0.4, -0.2) is 20.9 Å². The normalized spacial score (nSPS) is 10.6. The van der Waals surface area contributed by atoms with Crippen LogP contribution in [0.2, 0.25) is 5.02 Å². The maximum atomic E-state index is 11.9. The quantitative estimate of drug-likeness (QED) is 0.917. The molecule has 2 aromatic rings. The molecule has 0 saturated carbocycles. The molecule has 1 aromatic heterocycles. The van der Waals surface area contributed by atoms with Crippen molar-refractivity contribution in [2.75, 3.05) is 0 Å². The van der Waals surface area contributed by atoms with E-state index >= 15 is 0 Å². The molecule has 0 atom stereocenters. The molecule has 7 heteroatoms. The van der Waals surface area contributed by atoms with Crippen LogP contribution in [0, 0.1) is 0 Å². The Hall–Kier alpha value is -1.66. The second-order valence-electron chi connectivity index (χ2n) is 4.03. The number of aromatic nitrogens is 2. The number of carboxylic acid groups (broad SMARTS) is 1. The van der Waals surface area contributed by atoms with Gasteiger partial charge < -0.3 is 5.11 Å². The van der Waals surface area contributed by atoms with Gasteiger partial charge in [0.1, 0.15) is 0 Å². The molecule has 0 fully saturated rings. The van der Waals surface area contributed by atoms with E-state index in [0.717, 1.165) is 4.47 Å². The van der Waals surface area contributed by atoms with Crippen molar-refractivity contribution in [2.45, 2.75) is 13.3 Å². The molecule has 0 aliphatic rings. The first-order valence-electron chi connectivity index (χ1n) is 5.75. The maximum Gasteiger partial charge on any atom is 0.360 e. The summed E-state index contributed by atoms with van der Waals surface area (Å²) >= 11 is 9.40. The van der Waals surface area contributed by atoms with E-state index in [-0.39, 0.29) is 0 Å². The molecule has 1 aromatic carbocycles. The summed E-state index contributed by atoms with van der Waals surface area (Å²) in [4.78, 5) is 23.0. The lowest BCUT2D eigenvalue weighted by molar-refractivity contribution is 0.0686. The van der Waals surface area contributed by atoms with Gasteiger partial charge in [-0.3, -0.25) is 4.79 Å². The fourth-order valence-electron chi connectivity index (χ4n) is 1.72. The van der Waals surface area contributed by atoms with Crippen molar-refractivity contribution in [3.8, 4) is 5.69 Å². The van der Waals surface area contributed by atoms with E-state index in [2.05, 4.69) is 21.0 Å². The zero-order chi connectivity index (χ0) is 14.9. The molecule has 0 spiro atoms. The summed E-state index contributed by atoms with van der Waals surface area (Å²) in [6.45, 7) is 1.77. The van der Waals surface area contributed by atoms with Crippen LogP contribution in [0.4, 0.5) is 0 Å². The van der Waals surface area contributed by atoms with Crippen LogP contribution in [0.3, 0.4) is 0 Å². The number of hydrogen-bond donors (Lipinski definition) is 1. The highest BCUT2D eigenvalue weighted by Gasteiger charge is 2.16. The molecule has 0 aliphatic heterocycles. The number of nitrogens with zero attached hydrogens (tertiary/aromatic N) is 2. The summed E-state index contributed by atoms with van der Waals surface area (Å²) in [7, 11) is 0. The summed E-state index contributed by atoms with van der Waals surface area (Å²) in [5.41, 5.74) is -0.213. The highest BCUT2D eigenvalue weighted by molar-refractivity contribution is 9.10. The Morgan fingerprint density at radius 1 is 1.50 bits per heavy atom. The van der Waals surface area contributed by atoms with Gasteiger partial charge in [0.2, 0.25) is 11.1 Å². The van der Waals surface area contributed by atoms with E-state index in [9.17, 15) is 9.59 Å². The largest absolute Gasteiger partial charge is 0.476 e. The van der Waals surface area contributed by atoms with Gasteiger partial charge in [0.15, 0.2) is 0 Å². The van der Waals surface area contributed by atoms with Crippen LogP contribution in [-0.2, 0) is 6.42 Å². The van der Waals surface area contributed by atoms with Crippen LogP contribution in [0.5, 0.6) is 0 Å². The fraction of sp³-hybridized carbons (Fsp3) is 0.154. The Morgan fingerprint density at radius 2 is 2.20 bits per heavy atom. The average Bonchev–Trinajstić information content (AvgIpc) is 2.41. The lowest BCUT2D eigenvalue weighted by Gasteiger charge is -2.10.